The normalized spacial score (nSPS) is 14.7. The maximum absolute atomic E-state index is 2.60. The van der Waals surface area contributed by atoms with Crippen molar-refractivity contribution < 1.29 is 0 Å². The highest BCUT2D eigenvalue weighted by Gasteiger charge is 2.42. The van der Waals surface area contributed by atoms with Crippen molar-refractivity contribution in [1.82, 2.24) is 0 Å². The van der Waals surface area contributed by atoms with Gasteiger partial charge in [0.2, 0.25) is 0 Å². The molecule has 2 aliphatic carbocycles. The highest BCUT2D eigenvalue weighted by atomic mass is 15.2. The average molecular weight is 604 g/mol. The summed E-state index contributed by atoms with van der Waals surface area (Å²) in [5, 5.41) is 2.59. The first-order valence-corrected chi connectivity index (χ1v) is 16.7. The number of fused-ring (bicyclic) bond motifs is 8. The van der Waals surface area contributed by atoms with Crippen LogP contribution in [0.2, 0.25) is 0 Å². The predicted molar refractivity (Wildman–Crippen MR) is 199 cm³/mol. The predicted octanol–water partition coefficient (Wildman–Crippen LogP) is 12.6. The van der Waals surface area contributed by atoms with E-state index in [0.29, 0.717) is 0 Å². The zero-order valence-electron chi connectivity index (χ0n) is 27.4. The summed E-state index contributed by atoms with van der Waals surface area (Å²) in [6.07, 6.45) is 0. The van der Waals surface area contributed by atoms with Gasteiger partial charge in [-0.2, -0.15) is 0 Å². The van der Waals surface area contributed by atoms with Gasteiger partial charge in [-0.25, -0.2) is 0 Å². The largest absolute Gasteiger partial charge is 0.309 e. The van der Waals surface area contributed by atoms with E-state index < -0.39 is 0 Å². The molecule has 9 rings (SSSR count). The molecule has 0 spiro atoms. The van der Waals surface area contributed by atoms with E-state index in [1.54, 1.807) is 0 Å². The molecule has 0 heterocycles. The highest BCUT2D eigenvalue weighted by molar-refractivity contribution is 6.07. The summed E-state index contributed by atoms with van der Waals surface area (Å²) in [6.45, 7) is 9.59. The number of rotatable bonds is 4. The van der Waals surface area contributed by atoms with Crippen molar-refractivity contribution in [3.63, 3.8) is 0 Å². The molecule has 0 bridgehead atoms. The van der Waals surface area contributed by atoms with Gasteiger partial charge >= 0.3 is 0 Å². The second-order valence-electron chi connectivity index (χ2n) is 14.1. The van der Waals surface area contributed by atoms with E-state index >= 15 is 0 Å². The van der Waals surface area contributed by atoms with Gasteiger partial charge in [0.25, 0.3) is 0 Å². The topological polar surface area (TPSA) is 3.24 Å². The number of hydrogen-bond donors (Lipinski definition) is 0. The Hall–Kier alpha value is -5.40. The van der Waals surface area contributed by atoms with Crippen LogP contribution in [0.25, 0.3) is 44.2 Å². The second kappa shape index (κ2) is 10.0. The van der Waals surface area contributed by atoms with Gasteiger partial charge < -0.3 is 4.90 Å². The monoisotopic (exact) mass is 603 g/mol. The Bertz CT molecular complexity index is 2360. The van der Waals surface area contributed by atoms with E-state index in [9.17, 15) is 0 Å². The van der Waals surface area contributed by atoms with Crippen LogP contribution < -0.4 is 4.90 Å². The minimum Gasteiger partial charge on any atom is -0.309 e. The number of anilines is 3. The molecular formula is C46H37N. The van der Waals surface area contributed by atoms with Crippen molar-refractivity contribution in [3.05, 3.63) is 174 Å². The number of para-hydroxylation sites is 1. The molecule has 0 aromatic heterocycles. The molecule has 1 nitrogen and oxygen atoms in total. The Balaban J connectivity index is 1.45. The number of hydrogen-bond acceptors (Lipinski definition) is 1. The van der Waals surface area contributed by atoms with Crippen LogP contribution in [0.5, 0.6) is 0 Å². The van der Waals surface area contributed by atoms with Crippen LogP contribution in [0.3, 0.4) is 0 Å². The minimum absolute atomic E-state index is 0.152. The third-order valence-corrected chi connectivity index (χ3v) is 10.8. The fourth-order valence-electron chi connectivity index (χ4n) is 8.74. The summed E-state index contributed by atoms with van der Waals surface area (Å²) in [4.78, 5) is 2.60. The van der Waals surface area contributed by atoms with Gasteiger partial charge in [-0.05, 0) is 73.5 Å². The van der Waals surface area contributed by atoms with Crippen LogP contribution in [-0.4, -0.2) is 0 Å². The first-order valence-electron chi connectivity index (χ1n) is 16.7. The lowest BCUT2D eigenvalue weighted by Gasteiger charge is -2.35. The Morgan fingerprint density at radius 3 is 1.74 bits per heavy atom. The minimum atomic E-state index is -0.181. The van der Waals surface area contributed by atoms with E-state index in [2.05, 4.69) is 184 Å². The van der Waals surface area contributed by atoms with Gasteiger partial charge in [0.15, 0.2) is 0 Å². The van der Waals surface area contributed by atoms with Crippen LogP contribution in [0.1, 0.15) is 49.9 Å². The van der Waals surface area contributed by atoms with Crippen LogP contribution in [0.15, 0.2) is 152 Å². The quantitative estimate of drug-likeness (QED) is 0.193. The lowest BCUT2D eigenvalue weighted by atomic mass is 9.79. The molecule has 0 fully saturated rings. The molecule has 47 heavy (non-hydrogen) atoms. The van der Waals surface area contributed by atoms with Gasteiger partial charge in [0.05, 0.1) is 17.1 Å². The Morgan fingerprint density at radius 1 is 0.404 bits per heavy atom. The average Bonchev–Trinajstić information content (AvgIpc) is 3.50. The van der Waals surface area contributed by atoms with E-state index in [1.807, 2.05) is 0 Å². The van der Waals surface area contributed by atoms with Crippen molar-refractivity contribution in [1.29, 1.82) is 0 Å². The van der Waals surface area contributed by atoms with Crippen molar-refractivity contribution in [2.24, 2.45) is 0 Å². The van der Waals surface area contributed by atoms with E-state index in [4.69, 9.17) is 0 Å². The Labute approximate surface area is 277 Å². The van der Waals surface area contributed by atoms with Crippen molar-refractivity contribution in [2.45, 2.75) is 38.5 Å². The van der Waals surface area contributed by atoms with Gasteiger partial charge in [-0.1, -0.05) is 161 Å². The lowest BCUT2D eigenvalue weighted by molar-refractivity contribution is 0.660. The summed E-state index contributed by atoms with van der Waals surface area (Å²) in [7, 11) is 0. The van der Waals surface area contributed by atoms with Crippen LogP contribution in [0.4, 0.5) is 17.1 Å². The second-order valence-corrected chi connectivity index (χ2v) is 14.1. The third kappa shape index (κ3) is 3.90. The molecule has 1 heteroatoms. The molecule has 0 amide bonds. The number of nitrogens with zero attached hydrogens (tertiary/aromatic N) is 1. The van der Waals surface area contributed by atoms with E-state index in [-0.39, 0.29) is 10.8 Å². The molecule has 0 N–H and O–H groups in total. The van der Waals surface area contributed by atoms with Crippen molar-refractivity contribution >= 4 is 27.8 Å². The fourth-order valence-corrected chi connectivity index (χ4v) is 8.74. The van der Waals surface area contributed by atoms with Crippen LogP contribution >= 0.6 is 0 Å². The standard InChI is InChI=1S/C46H37N/c1-45(2)37-25-13-10-22-34(37)35-24-16-28-40(43(35)45)47(39-27-15-12-20-32(39)30-17-6-5-7-18-30)41-29-31-19-8-9-21-33(31)44-42(41)36-23-11-14-26-38(36)46(44,3)4/h5-29H,1-4H3. The summed E-state index contributed by atoms with van der Waals surface area (Å²) >= 11 is 0. The molecule has 0 saturated carbocycles. The molecule has 0 unspecified atom stereocenters. The molecule has 0 atom stereocenters. The molecule has 7 aromatic carbocycles. The first kappa shape index (κ1) is 27.9. The molecule has 7 aromatic rings. The molecule has 0 aliphatic heterocycles. The van der Waals surface area contributed by atoms with Gasteiger partial charge in [0.1, 0.15) is 0 Å². The first-order chi connectivity index (χ1) is 22.9. The number of benzene rings is 7. The van der Waals surface area contributed by atoms with E-state index in [1.165, 1.54) is 83.5 Å². The van der Waals surface area contributed by atoms with Gasteiger partial charge in [0, 0.05) is 22.0 Å². The third-order valence-electron chi connectivity index (χ3n) is 10.8. The lowest BCUT2D eigenvalue weighted by Crippen LogP contribution is -2.22. The molecule has 2 aliphatic rings. The zero-order valence-corrected chi connectivity index (χ0v) is 27.4. The summed E-state index contributed by atoms with van der Waals surface area (Å²) in [5.41, 5.74) is 16.6. The van der Waals surface area contributed by atoms with Gasteiger partial charge in [-0.3, -0.25) is 0 Å². The van der Waals surface area contributed by atoms with Gasteiger partial charge in [-0.15, -0.1) is 0 Å². The van der Waals surface area contributed by atoms with Crippen molar-refractivity contribution in [3.8, 4) is 33.4 Å². The molecule has 226 valence electrons. The maximum atomic E-state index is 2.60. The van der Waals surface area contributed by atoms with Crippen molar-refractivity contribution in [2.75, 3.05) is 4.90 Å². The summed E-state index contributed by atoms with van der Waals surface area (Å²) < 4.78 is 0. The Kier molecular flexibility index (Phi) is 5.96. The molecular weight excluding hydrogens is 567 g/mol. The molecule has 0 radical (unpaired) electrons. The molecule has 0 saturated heterocycles. The highest BCUT2D eigenvalue weighted by Crippen LogP contribution is 2.60. The summed E-state index contributed by atoms with van der Waals surface area (Å²) in [6, 6.07) is 56.1. The fraction of sp³-hybridized carbons (Fsp3) is 0.130. The summed E-state index contributed by atoms with van der Waals surface area (Å²) in [5.74, 6) is 0. The Morgan fingerprint density at radius 2 is 0.957 bits per heavy atom. The SMILES string of the molecule is CC1(C)c2ccccc2-c2cccc(N(c3ccccc3-c3ccccc3)c3cc4ccccc4c4c3-c3ccccc3C4(C)C)c21. The van der Waals surface area contributed by atoms with E-state index in [0.717, 1.165) is 0 Å². The maximum Gasteiger partial charge on any atom is 0.0550 e. The smallest absolute Gasteiger partial charge is 0.0550 e. The van der Waals surface area contributed by atoms with Crippen LogP contribution in [-0.2, 0) is 10.8 Å². The zero-order chi connectivity index (χ0) is 31.9. The van der Waals surface area contributed by atoms with Crippen LogP contribution in [0, 0.1) is 0 Å².